The molecule has 0 aromatic carbocycles. The first kappa shape index (κ1) is 29.2. The van der Waals surface area contributed by atoms with Gasteiger partial charge < -0.3 is 0 Å². The molecule has 1 atom stereocenters. The number of fused-ring (bicyclic) bond motifs is 1. The Balaban J connectivity index is 0.000000493. The summed E-state index contributed by atoms with van der Waals surface area (Å²) in [6.07, 6.45) is 10.9. The van der Waals surface area contributed by atoms with E-state index in [0.717, 1.165) is 61.0 Å². The Morgan fingerprint density at radius 2 is 1.78 bits per heavy atom. The number of nitrogens with zero attached hydrogens (tertiary/aromatic N) is 5. The fourth-order valence-corrected chi connectivity index (χ4v) is 5.14. The van der Waals surface area contributed by atoms with Crippen molar-refractivity contribution >= 4 is 5.78 Å². The summed E-state index contributed by atoms with van der Waals surface area (Å²) >= 11 is 0. The predicted octanol–water partition coefficient (Wildman–Crippen LogP) is 7.00. The van der Waals surface area contributed by atoms with Crippen LogP contribution in [-0.2, 0) is 30.1 Å². The maximum Gasteiger partial charge on any atom is 0.146 e. The van der Waals surface area contributed by atoms with Crippen molar-refractivity contribution in [1.82, 2.24) is 14.8 Å². The summed E-state index contributed by atoms with van der Waals surface area (Å²) < 4.78 is 1.90. The quantitative estimate of drug-likeness (QED) is 0.372. The lowest BCUT2D eigenvalue weighted by molar-refractivity contribution is -0.118. The summed E-state index contributed by atoms with van der Waals surface area (Å²) in [4.78, 5) is 15.7. The predicted molar refractivity (Wildman–Crippen MR) is 144 cm³/mol. The van der Waals surface area contributed by atoms with Gasteiger partial charge in [0.25, 0.3) is 0 Å². The molecule has 1 aliphatic rings. The monoisotopic (exact) mass is 489 g/mol. The molecule has 2 heterocycles. The average molecular weight is 490 g/mol. The first-order valence-corrected chi connectivity index (χ1v) is 13.4. The molecular weight excluding hydrogens is 446 g/mol. The first-order valence-electron chi connectivity index (χ1n) is 13.4. The van der Waals surface area contributed by atoms with E-state index >= 15 is 0 Å². The van der Waals surface area contributed by atoms with E-state index in [1.54, 1.807) is 6.07 Å². The third-order valence-corrected chi connectivity index (χ3v) is 8.33. The summed E-state index contributed by atoms with van der Waals surface area (Å²) in [6, 6.07) is 6.43. The molecule has 6 nitrogen and oxygen atoms in total. The van der Waals surface area contributed by atoms with Gasteiger partial charge in [-0.05, 0) is 55.6 Å². The molecule has 2 aromatic heterocycles. The van der Waals surface area contributed by atoms with E-state index in [-0.39, 0.29) is 23.0 Å². The second-order valence-corrected chi connectivity index (χ2v) is 10.7. The highest BCUT2D eigenvalue weighted by atomic mass is 16.1. The standard InChI is InChI=1S/C24H34N4.C6H9NO/c1-7-23(3,4)24(5,8-2)22-18(16-25)21(20-14-15-26-28(20)6)17-12-10-9-11-13-19(17)27-22;1-2-3-6(8)4-5-7/h14-15H,7-13H2,1-6H3;2-4H2,1H3. The Morgan fingerprint density at radius 3 is 2.31 bits per heavy atom. The van der Waals surface area contributed by atoms with Gasteiger partial charge >= 0.3 is 0 Å². The molecule has 0 N–H and O–H groups in total. The van der Waals surface area contributed by atoms with Gasteiger partial charge in [0.2, 0.25) is 0 Å². The van der Waals surface area contributed by atoms with Crippen molar-refractivity contribution in [2.45, 2.75) is 111 Å². The van der Waals surface area contributed by atoms with Crippen molar-refractivity contribution in [2.24, 2.45) is 12.5 Å². The number of carbonyl (C=O) groups excluding carboxylic acids is 1. The highest BCUT2D eigenvalue weighted by molar-refractivity contribution is 5.80. The second-order valence-electron chi connectivity index (χ2n) is 10.7. The summed E-state index contributed by atoms with van der Waals surface area (Å²) in [7, 11) is 1.97. The molecule has 6 heteroatoms. The molecule has 2 aromatic rings. The number of hydrogen-bond donors (Lipinski definition) is 0. The molecule has 0 fully saturated rings. The molecule has 1 unspecified atom stereocenters. The lowest BCUT2D eigenvalue weighted by atomic mass is 9.60. The van der Waals surface area contributed by atoms with Gasteiger partial charge in [0.05, 0.1) is 29.4 Å². The number of carbonyl (C=O) groups is 1. The van der Waals surface area contributed by atoms with Gasteiger partial charge in [-0.25, -0.2) is 0 Å². The van der Waals surface area contributed by atoms with Gasteiger partial charge in [-0.2, -0.15) is 15.6 Å². The lowest BCUT2D eigenvalue weighted by Crippen LogP contribution is -2.40. The van der Waals surface area contributed by atoms with Crippen LogP contribution >= 0.6 is 0 Å². The largest absolute Gasteiger partial charge is 0.299 e. The van der Waals surface area contributed by atoms with Crippen molar-refractivity contribution in [2.75, 3.05) is 0 Å². The zero-order chi connectivity index (χ0) is 26.9. The zero-order valence-electron chi connectivity index (χ0n) is 23.4. The van der Waals surface area contributed by atoms with Gasteiger partial charge in [-0.1, -0.05) is 54.4 Å². The molecule has 0 saturated heterocycles. The molecule has 194 valence electrons. The van der Waals surface area contributed by atoms with Crippen molar-refractivity contribution < 1.29 is 4.79 Å². The van der Waals surface area contributed by atoms with E-state index in [4.69, 9.17) is 10.2 Å². The number of nitriles is 2. The minimum Gasteiger partial charge on any atom is -0.299 e. The van der Waals surface area contributed by atoms with Crippen molar-refractivity contribution in [3.63, 3.8) is 0 Å². The van der Waals surface area contributed by atoms with E-state index in [1.807, 2.05) is 30.9 Å². The van der Waals surface area contributed by atoms with Crippen LogP contribution in [-0.4, -0.2) is 20.5 Å². The van der Waals surface area contributed by atoms with Crippen LogP contribution in [0.1, 0.15) is 115 Å². The normalized spacial score (nSPS) is 14.8. The third-order valence-electron chi connectivity index (χ3n) is 8.33. The number of Topliss-reactive ketones (excluding diaryl/α,β-unsaturated/α-hetero) is 1. The molecule has 1 aliphatic carbocycles. The zero-order valence-corrected chi connectivity index (χ0v) is 23.4. The van der Waals surface area contributed by atoms with Crippen LogP contribution in [0.25, 0.3) is 11.3 Å². The van der Waals surface area contributed by atoms with E-state index in [2.05, 4.69) is 45.8 Å². The Hall–Kier alpha value is -2.99. The number of aromatic nitrogens is 3. The molecule has 0 aliphatic heterocycles. The molecule has 0 radical (unpaired) electrons. The van der Waals surface area contributed by atoms with Gasteiger partial charge in [0, 0.05) is 36.3 Å². The number of hydrogen-bond acceptors (Lipinski definition) is 5. The number of rotatable bonds is 8. The van der Waals surface area contributed by atoms with Crippen LogP contribution in [0.2, 0.25) is 0 Å². The molecule has 3 rings (SSSR count). The first-order chi connectivity index (χ1) is 17.1. The average Bonchev–Trinajstić information content (AvgIpc) is 3.14. The minimum atomic E-state index is -0.165. The maximum atomic E-state index is 10.4. The van der Waals surface area contributed by atoms with Crippen LogP contribution in [0, 0.1) is 28.1 Å². The lowest BCUT2D eigenvalue weighted by Gasteiger charge is -2.44. The van der Waals surface area contributed by atoms with Crippen molar-refractivity contribution in [3.05, 3.63) is 34.8 Å². The molecule has 0 amide bonds. The van der Waals surface area contributed by atoms with Gasteiger partial charge in [-0.15, -0.1) is 0 Å². The topological polar surface area (TPSA) is 95.4 Å². The van der Waals surface area contributed by atoms with Gasteiger partial charge in [0.15, 0.2) is 0 Å². The molecule has 0 bridgehead atoms. The minimum absolute atomic E-state index is 0.0447. The highest BCUT2D eigenvalue weighted by Crippen LogP contribution is 2.49. The third kappa shape index (κ3) is 6.04. The van der Waals surface area contributed by atoms with Gasteiger partial charge in [0.1, 0.15) is 11.9 Å². The number of pyridine rings is 1. The van der Waals surface area contributed by atoms with Crippen molar-refractivity contribution in [1.29, 1.82) is 10.5 Å². The SMILES string of the molecule is CCC(C)(C)C(C)(CC)c1nc2c(c(-c3ccnn3C)c1C#N)CCCCC2.CCCC(=O)CC#N. The number of aryl methyl sites for hydroxylation is 2. The van der Waals surface area contributed by atoms with E-state index in [9.17, 15) is 10.1 Å². The Bertz CT molecular complexity index is 1130. The Morgan fingerprint density at radius 1 is 1.08 bits per heavy atom. The molecule has 0 saturated carbocycles. The fourth-order valence-electron chi connectivity index (χ4n) is 5.14. The molecule has 36 heavy (non-hydrogen) atoms. The fraction of sp³-hybridized carbons (Fsp3) is 0.633. The van der Waals surface area contributed by atoms with Crippen LogP contribution < -0.4 is 0 Å². The van der Waals surface area contributed by atoms with Crippen LogP contribution in [0.4, 0.5) is 0 Å². The van der Waals surface area contributed by atoms with Crippen LogP contribution in [0.5, 0.6) is 0 Å². The van der Waals surface area contributed by atoms with Crippen LogP contribution in [0.3, 0.4) is 0 Å². The van der Waals surface area contributed by atoms with Crippen LogP contribution in [0.15, 0.2) is 12.3 Å². The second kappa shape index (κ2) is 12.8. The number of ketones is 1. The smallest absolute Gasteiger partial charge is 0.146 e. The Labute approximate surface area is 217 Å². The molecular formula is C30H43N5O. The summed E-state index contributed by atoms with van der Waals surface area (Å²) in [5.41, 5.74) is 6.21. The highest BCUT2D eigenvalue weighted by Gasteiger charge is 2.44. The van der Waals surface area contributed by atoms with Gasteiger partial charge in [-0.3, -0.25) is 14.5 Å². The van der Waals surface area contributed by atoms with E-state index in [1.165, 1.54) is 24.1 Å². The summed E-state index contributed by atoms with van der Waals surface area (Å²) in [5.74, 6) is 0.0509. The van der Waals surface area contributed by atoms with E-state index < -0.39 is 0 Å². The van der Waals surface area contributed by atoms with Crippen molar-refractivity contribution in [3.8, 4) is 23.4 Å². The van der Waals surface area contributed by atoms with E-state index in [0.29, 0.717) is 6.42 Å². The summed E-state index contributed by atoms with van der Waals surface area (Å²) in [5, 5.41) is 22.7. The maximum absolute atomic E-state index is 10.4. The molecule has 0 spiro atoms. The summed E-state index contributed by atoms with van der Waals surface area (Å²) in [6.45, 7) is 13.3. The Kier molecular flexibility index (Phi) is 10.4.